The van der Waals surface area contributed by atoms with Crippen LogP contribution >= 0.6 is 0 Å². The first kappa shape index (κ1) is 13.9. The first-order valence-corrected chi connectivity index (χ1v) is 5.97. The highest BCUT2D eigenvalue weighted by Crippen LogP contribution is 2.19. The maximum atomic E-state index is 11.8. The standard InChI is InChI=1S/C11H20N2O4/c1-2-3-8(11(15)16)13-10(14)9-5-4-7(6-12)17-9/h7-9H,2-6,12H2,1H3,(H,13,14)(H,15,16)/t7?,8-,9?/m1/s1. The molecular weight excluding hydrogens is 224 g/mol. The zero-order chi connectivity index (χ0) is 12.8. The van der Waals surface area contributed by atoms with Gasteiger partial charge < -0.3 is 20.9 Å². The van der Waals surface area contributed by atoms with Gasteiger partial charge in [-0.2, -0.15) is 0 Å². The number of nitrogens with one attached hydrogen (secondary N) is 1. The van der Waals surface area contributed by atoms with Gasteiger partial charge in [0, 0.05) is 6.54 Å². The number of hydrogen-bond donors (Lipinski definition) is 3. The van der Waals surface area contributed by atoms with Crippen LogP contribution < -0.4 is 11.1 Å². The predicted octanol–water partition coefficient (Wildman–Crippen LogP) is -0.138. The Bertz CT molecular complexity index is 283. The zero-order valence-corrected chi connectivity index (χ0v) is 10.0. The molecule has 0 aromatic heterocycles. The third-order valence-corrected chi connectivity index (χ3v) is 2.85. The summed E-state index contributed by atoms with van der Waals surface area (Å²) >= 11 is 0. The van der Waals surface area contributed by atoms with Crippen molar-refractivity contribution in [3.8, 4) is 0 Å². The molecule has 98 valence electrons. The maximum Gasteiger partial charge on any atom is 0.326 e. The molecule has 1 aliphatic heterocycles. The van der Waals surface area contributed by atoms with E-state index in [4.69, 9.17) is 15.6 Å². The van der Waals surface area contributed by atoms with Crippen LogP contribution in [-0.4, -0.2) is 41.8 Å². The van der Waals surface area contributed by atoms with Crippen molar-refractivity contribution < 1.29 is 19.4 Å². The Hall–Kier alpha value is -1.14. The second-order valence-electron chi connectivity index (χ2n) is 4.25. The van der Waals surface area contributed by atoms with Gasteiger partial charge in [-0.25, -0.2) is 4.79 Å². The summed E-state index contributed by atoms with van der Waals surface area (Å²) in [6.45, 7) is 2.26. The Morgan fingerprint density at radius 3 is 2.71 bits per heavy atom. The molecule has 1 amide bonds. The van der Waals surface area contributed by atoms with Crippen LogP contribution in [0.5, 0.6) is 0 Å². The van der Waals surface area contributed by atoms with Crippen LogP contribution in [0.15, 0.2) is 0 Å². The van der Waals surface area contributed by atoms with Crippen LogP contribution in [-0.2, 0) is 14.3 Å². The Labute approximate surface area is 101 Å². The molecule has 1 heterocycles. The Kier molecular flexibility index (Phi) is 5.37. The van der Waals surface area contributed by atoms with Gasteiger partial charge in [0.25, 0.3) is 0 Å². The molecule has 1 rings (SSSR count). The Balaban J connectivity index is 2.45. The van der Waals surface area contributed by atoms with Crippen molar-refractivity contribution in [3.63, 3.8) is 0 Å². The summed E-state index contributed by atoms with van der Waals surface area (Å²) < 4.78 is 5.40. The van der Waals surface area contributed by atoms with E-state index in [1.165, 1.54) is 0 Å². The first-order valence-electron chi connectivity index (χ1n) is 5.97. The van der Waals surface area contributed by atoms with E-state index in [-0.39, 0.29) is 12.0 Å². The molecule has 3 atom stereocenters. The molecule has 1 aliphatic rings. The molecule has 4 N–H and O–H groups in total. The van der Waals surface area contributed by atoms with Gasteiger partial charge in [0.15, 0.2) is 0 Å². The summed E-state index contributed by atoms with van der Waals surface area (Å²) in [5.74, 6) is -1.35. The van der Waals surface area contributed by atoms with E-state index >= 15 is 0 Å². The van der Waals surface area contributed by atoms with E-state index in [0.29, 0.717) is 25.8 Å². The van der Waals surface area contributed by atoms with Crippen LogP contribution in [0, 0.1) is 0 Å². The van der Waals surface area contributed by atoms with Crippen LogP contribution in [0.1, 0.15) is 32.6 Å². The third kappa shape index (κ3) is 3.98. The molecular formula is C11H20N2O4. The molecule has 0 aromatic rings. The van der Waals surface area contributed by atoms with Crippen LogP contribution in [0.4, 0.5) is 0 Å². The number of carbonyl (C=O) groups is 2. The van der Waals surface area contributed by atoms with Gasteiger partial charge >= 0.3 is 5.97 Å². The number of carbonyl (C=O) groups excluding carboxylic acids is 1. The van der Waals surface area contributed by atoms with Crippen LogP contribution in [0.25, 0.3) is 0 Å². The predicted molar refractivity (Wildman–Crippen MR) is 61.4 cm³/mol. The monoisotopic (exact) mass is 244 g/mol. The lowest BCUT2D eigenvalue weighted by Crippen LogP contribution is -2.45. The summed E-state index contributed by atoms with van der Waals surface area (Å²) in [6, 6.07) is -0.826. The summed E-state index contributed by atoms with van der Waals surface area (Å²) in [7, 11) is 0. The van der Waals surface area contributed by atoms with E-state index in [1.807, 2.05) is 6.92 Å². The molecule has 0 spiro atoms. The summed E-state index contributed by atoms with van der Waals surface area (Å²) in [4.78, 5) is 22.6. The van der Waals surface area contributed by atoms with E-state index < -0.39 is 18.1 Å². The number of ether oxygens (including phenoxy) is 1. The minimum absolute atomic E-state index is 0.0831. The lowest BCUT2D eigenvalue weighted by Gasteiger charge is -2.17. The van der Waals surface area contributed by atoms with E-state index in [2.05, 4.69) is 5.32 Å². The molecule has 2 unspecified atom stereocenters. The van der Waals surface area contributed by atoms with Crippen molar-refractivity contribution in [3.05, 3.63) is 0 Å². The molecule has 1 saturated heterocycles. The van der Waals surface area contributed by atoms with Gasteiger partial charge in [-0.05, 0) is 19.3 Å². The highest BCUT2D eigenvalue weighted by atomic mass is 16.5. The van der Waals surface area contributed by atoms with Gasteiger partial charge in [0.1, 0.15) is 12.1 Å². The third-order valence-electron chi connectivity index (χ3n) is 2.85. The van der Waals surface area contributed by atoms with E-state index in [9.17, 15) is 9.59 Å². The Morgan fingerprint density at radius 1 is 1.53 bits per heavy atom. The summed E-state index contributed by atoms with van der Waals surface area (Å²) in [6.07, 6.45) is 1.84. The van der Waals surface area contributed by atoms with Crippen molar-refractivity contribution in [2.24, 2.45) is 5.73 Å². The van der Waals surface area contributed by atoms with Gasteiger partial charge in [-0.15, -0.1) is 0 Å². The highest BCUT2D eigenvalue weighted by molar-refractivity contribution is 5.86. The van der Waals surface area contributed by atoms with Crippen molar-refractivity contribution in [2.45, 2.75) is 50.9 Å². The fraction of sp³-hybridized carbons (Fsp3) is 0.818. The second-order valence-corrected chi connectivity index (χ2v) is 4.25. The number of aliphatic carboxylic acids is 1. The number of amides is 1. The van der Waals surface area contributed by atoms with Crippen LogP contribution in [0.3, 0.4) is 0 Å². The average molecular weight is 244 g/mol. The fourth-order valence-electron chi connectivity index (χ4n) is 1.88. The number of nitrogens with two attached hydrogens (primary N) is 1. The SMILES string of the molecule is CCC[C@@H](NC(=O)C1CCC(CN)O1)C(=O)O. The summed E-state index contributed by atoms with van der Waals surface area (Å²) in [5.41, 5.74) is 5.44. The largest absolute Gasteiger partial charge is 0.480 e. The molecule has 0 saturated carbocycles. The molecule has 1 fully saturated rings. The number of rotatable bonds is 6. The molecule has 17 heavy (non-hydrogen) atoms. The van der Waals surface area contributed by atoms with Crippen molar-refractivity contribution in [2.75, 3.05) is 6.54 Å². The smallest absolute Gasteiger partial charge is 0.326 e. The molecule has 0 radical (unpaired) electrons. The minimum Gasteiger partial charge on any atom is -0.480 e. The molecule has 6 nitrogen and oxygen atoms in total. The molecule has 0 aliphatic carbocycles. The van der Waals surface area contributed by atoms with E-state index in [0.717, 1.165) is 6.42 Å². The number of carboxylic acid groups (broad SMARTS) is 1. The van der Waals surface area contributed by atoms with E-state index in [1.54, 1.807) is 0 Å². The molecule has 0 aromatic carbocycles. The normalized spacial score (nSPS) is 25.5. The second kappa shape index (κ2) is 6.56. The summed E-state index contributed by atoms with van der Waals surface area (Å²) in [5, 5.41) is 11.4. The average Bonchev–Trinajstić information content (AvgIpc) is 2.76. The van der Waals surface area contributed by atoms with Gasteiger partial charge in [-0.1, -0.05) is 13.3 Å². The highest BCUT2D eigenvalue weighted by Gasteiger charge is 2.31. The van der Waals surface area contributed by atoms with Crippen molar-refractivity contribution in [1.29, 1.82) is 0 Å². The number of carboxylic acids is 1. The zero-order valence-electron chi connectivity index (χ0n) is 10.0. The van der Waals surface area contributed by atoms with Gasteiger partial charge in [0.05, 0.1) is 6.10 Å². The quantitative estimate of drug-likeness (QED) is 0.603. The fourth-order valence-corrected chi connectivity index (χ4v) is 1.88. The minimum atomic E-state index is -1.01. The maximum absolute atomic E-state index is 11.8. The number of hydrogen-bond acceptors (Lipinski definition) is 4. The van der Waals surface area contributed by atoms with Crippen molar-refractivity contribution in [1.82, 2.24) is 5.32 Å². The lowest BCUT2D eigenvalue weighted by molar-refractivity contribution is -0.144. The first-order chi connectivity index (χ1) is 8.08. The Morgan fingerprint density at radius 2 is 2.24 bits per heavy atom. The molecule has 0 bridgehead atoms. The van der Waals surface area contributed by atoms with Crippen molar-refractivity contribution >= 4 is 11.9 Å². The van der Waals surface area contributed by atoms with Gasteiger partial charge in [0.2, 0.25) is 5.91 Å². The molecule has 6 heteroatoms. The van der Waals surface area contributed by atoms with Crippen LogP contribution in [0.2, 0.25) is 0 Å². The lowest BCUT2D eigenvalue weighted by atomic mass is 10.1. The topological polar surface area (TPSA) is 102 Å². The van der Waals surface area contributed by atoms with Gasteiger partial charge in [-0.3, -0.25) is 4.79 Å².